The van der Waals surface area contributed by atoms with Crippen LogP contribution in [0.3, 0.4) is 0 Å². The van der Waals surface area contributed by atoms with Crippen molar-refractivity contribution in [3.05, 3.63) is 60.4 Å². The molecule has 0 radical (unpaired) electrons. The molecule has 150 valence electrons. The number of hydrogen-bond donors (Lipinski definition) is 2. The van der Waals surface area contributed by atoms with Gasteiger partial charge in [-0.1, -0.05) is 30.3 Å². The van der Waals surface area contributed by atoms with E-state index in [1.807, 2.05) is 54.6 Å². The topological polar surface area (TPSA) is 84.2 Å². The quantitative estimate of drug-likeness (QED) is 0.584. The second-order valence-corrected chi connectivity index (χ2v) is 7.69. The minimum absolute atomic E-state index is 0.0327. The van der Waals surface area contributed by atoms with Crippen molar-refractivity contribution in [3.8, 4) is 5.69 Å². The van der Waals surface area contributed by atoms with Crippen molar-refractivity contribution in [1.29, 1.82) is 0 Å². The maximum Gasteiger partial charge on any atom is 0.303 e. The van der Waals surface area contributed by atoms with Crippen molar-refractivity contribution in [2.45, 2.75) is 32.1 Å². The first-order valence-electron chi connectivity index (χ1n) is 10.1. The molecular formula is C23H25N3O3. The third-order valence-corrected chi connectivity index (χ3v) is 5.51. The van der Waals surface area contributed by atoms with Gasteiger partial charge in [0.05, 0.1) is 17.5 Å². The molecule has 1 heterocycles. The molecule has 0 saturated heterocycles. The number of carbonyl (C=O) groups excluding carboxylic acids is 1. The third kappa shape index (κ3) is 4.65. The lowest BCUT2D eigenvalue weighted by atomic mass is 10.00. The second kappa shape index (κ2) is 8.47. The molecule has 1 unspecified atom stereocenters. The number of rotatable bonds is 9. The maximum absolute atomic E-state index is 12.4. The minimum atomic E-state index is -0.798. The van der Waals surface area contributed by atoms with Crippen molar-refractivity contribution in [2.24, 2.45) is 11.8 Å². The van der Waals surface area contributed by atoms with E-state index in [0.29, 0.717) is 25.3 Å². The average Bonchev–Trinajstić information content (AvgIpc) is 3.50. The van der Waals surface area contributed by atoms with Gasteiger partial charge in [-0.05, 0) is 48.9 Å². The predicted octanol–water partition coefficient (Wildman–Crippen LogP) is 3.58. The molecule has 1 amide bonds. The Kier molecular flexibility index (Phi) is 5.60. The van der Waals surface area contributed by atoms with Crippen molar-refractivity contribution in [1.82, 2.24) is 14.9 Å². The van der Waals surface area contributed by atoms with Crippen LogP contribution in [0.4, 0.5) is 0 Å². The van der Waals surface area contributed by atoms with Gasteiger partial charge in [-0.2, -0.15) is 0 Å². The Hall–Kier alpha value is -3.15. The number of carboxylic acid groups (broad SMARTS) is 1. The van der Waals surface area contributed by atoms with Gasteiger partial charge in [-0.15, -0.1) is 0 Å². The lowest BCUT2D eigenvalue weighted by Gasteiger charge is -2.15. The highest BCUT2D eigenvalue weighted by Gasteiger charge is 2.32. The fraction of sp³-hybridized carbons (Fsp3) is 0.348. The first kappa shape index (κ1) is 19.2. The molecule has 1 saturated carbocycles. The Balaban J connectivity index is 1.44. The van der Waals surface area contributed by atoms with Crippen LogP contribution in [0.1, 0.15) is 31.5 Å². The summed E-state index contributed by atoms with van der Waals surface area (Å²) in [5.74, 6) is 0.455. The molecule has 0 spiro atoms. The number of para-hydroxylation sites is 3. The number of amides is 1. The summed E-state index contributed by atoms with van der Waals surface area (Å²) in [4.78, 5) is 28.2. The van der Waals surface area contributed by atoms with E-state index in [0.717, 1.165) is 35.4 Å². The van der Waals surface area contributed by atoms with Gasteiger partial charge in [0.15, 0.2) is 0 Å². The van der Waals surface area contributed by atoms with E-state index in [1.165, 1.54) is 0 Å². The number of aromatic nitrogens is 2. The Bertz CT molecular complexity index is 1010. The van der Waals surface area contributed by atoms with E-state index >= 15 is 0 Å². The van der Waals surface area contributed by atoms with E-state index in [4.69, 9.17) is 10.1 Å². The number of imidazole rings is 1. The summed E-state index contributed by atoms with van der Waals surface area (Å²) in [6.07, 6.45) is 3.08. The Labute approximate surface area is 169 Å². The molecule has 1 aromatic heterocycles. The average molecular weight is 391 g/mol. The van der Waals surface area contributed by atoms with Gasteiger partial charge in [0.1, 0.15) is 5.82 Å². The van der Waals surface area contributed by atoms with Crippen LogP contribution in [0.25, 0.3) is 16.7 Å². The van der Waals surface area contributed by atoms with Crippen molar-refractivity contribution in [3.63, 3.8) is 0 Å². The SMILES string of the molecule is O=C(O)CC(CNC(=O)CCc1nc2ccccc2n1-c1ccccc1)C1CC1. The molecule has 0 aliphatic heterocycles. The number of carbonyl (C=O) groups is 2. The number of nitrogens with one attached hydrogen (secondary N) is 1. The van der Waals surface area contributed by atoms with Crippen molar-refractivity contribution >= 4 is 22.9 Å². The zero-order chi connectivity index (χ0) is 20.2. The molecule has 2 N–H and O–H groups in total. The number of nitrogens with zero attached hydrogens (tertiary/aromatic N) is 2. The smallest absolute Gasteiger partial charge is 0.303 e. The number of aliphatic carboxylic acids is 1. The molecule has 1 fully saturated rings. The number of hydrogen-bond acceptors (Lipinski definition) is 3. The summed E-state index contributed by atoms with van der Waals surface area (Å²) < 4.78 is 2.10. The van der Waals surface area contributed by atoms with Gasteiger partial charge in [0.25, 0.3) is 0 Å². The summed E-state index contributed by atoms with van der Waals surface area (Å²) in [5.41, 5.74) is 2.94. The van der Waals surface area contributed by atoms with Gasteiger partial charge in [-0.25, -0.2) is 4.98 Å². The fourth-order valence-electron chi connectivity index (χ4n) is 3.86. The van der Waals surface area contributed by atoms with E-state index in [-0.39, 0.29) is 18.2 Å². The highest BCUT2D eigenvalue weighted by atomic mass is 16.4. The molecule has 1 atom stereocenters. The highest BCUT2D eigenvalue weighted by Crippen LogP contribution is 2.38. The molecule has 1 aliphatic carbocycles. The van der Waals surface area contributed by atoms with E-state index < -0.39 is 5.97 Å². The Morgan fingerprint density at radius 2 is 1.83 bits per heavy atom. The zero-order valence-corrected chi connectivity index (χ0v) is 16.3. The zero-order valence-electron chi connectivity index (χ0n) is 16.3. The number of carboxylic acids is 1. The van der Waals surface area contributed by atoms with Crippen LogP contribution in [-0.4, -0.2) is 33.1 Å². The normalized spacial score (nSPS) is 14.6. The lowest BCUT2D eigenvalue weighted by Crippen LogP contribution is -2.31. The third-order valence-electron chi connectivity index (χ3n) is 5.51. The van der Waals surface area contributed by atoms with Crippen molar-refractivity contribution < 1.29 is 14.7 Å². The van der Waals surface area contributed by atoms with E-state index in [1.54, 1.807) is 0 Å². The van der Waals surface area contributed by atoms with Crippen LogP contribution in [0.15, 0.2) is 54.6 Å². The number of benzene rings is 2. The molecule has 0 bridgehead atoms. The predicted molar refractivity (Wildman–Crippen MR) is 111 cm³/mol. The molecule has 6 nitrogen and oxygen atoms in total. The fourth-order valence-corrected chi connectivity index (χ4v) is 3.86. The van der Waals surface area contributed by atoms with Gasteiger partial charge in [0, 0.05) is 25.1 Å². The monoisotopic (exact) mass is 391 g/mol. The summed E-state index contributed by atoms with van der Waals surface area (Å²) >= 11 is 0. The summed E-state index contributed by atoms with van der Waals surface area (Å²) in [6, 6.07) is 18.0. The number of aryl methyl sites for hydroxylation is 1. The van der Waals surface area contributed by atoms with Gasteiger partial charge >= 0.3 is 5.97 Å². The van der Waals surface area contributed by atoms with Crippen LogP contribution in [-0.2, 0) is 16.0 Å². The molecule has 29 heavy (non-hydrogen) atoms. The van der Waals surface area contributed by atoms with E-state index in [9.17, 15) is 9.59 Å². The maximum atomic E-state index is 12.4. The van der Waals surface area contributed by atoms with Crippen LogP contribution in [0.5, 0.6) is 0 Å². The largest absolute Gasteiger partial charge is 0.481 e. The second-order valence-electron chi connectivity index (χ2n) is 7.69. The van der Waals surface area contributed by atoms with Crippen molar-refractivity contribution in [2.75, 3.05) is 6.54 Å². The van der Waals surface area contributed by atoms with Crippen LogP contribution in [0.2, 0.25) is 0 Å². The minimum Gasteiger partial charge on any atom is -0.481 e. The summed E-state index contributed by atoms with van der Waals surface area (Å²) in [7, 11) is 0. The molecule has 1 aliphatic rings. The standard InChI is InChI=1S/C23H25N3O3/c27-22(24-15-17(14-23(28)29)16-10-11-16)13-12-21-25-19-8-4-5-9-20(19)26(21)18-6-2-1-3-7-18/h1-9,16-17H,10-15H2,(H,24,27)(H,28,29). The molecular weight excluding hydrogens is 366 g/mol. The summed E-state index contributed by atoms with van der Waals surface area (Å²) in [6.45, 7) is 0.435. The Morgan fingerprint density at radius 3 is 2.55 bits per heavy atom. The van der Waals surface area contributed by atoms with Crippen LogP contribution < -0.4 is 5.32 Å². The van der Waals surface area contributed by atoms with Crippen LogP contribution >= 0.6 is 0 Å². The highest BCUT2D eigenvalue weighted by molar-refractivity contribution is 5.79. The molecule has 2 aromatic carbocycles. The first-order chi connectivity index (χ1) is 14.1. The molecule has 6 heteroatoms. The first-order valence-corrected chi connectivity index (χ1v) is 10.1. The molecule has 3 aromatic rings. The van der Waals surface area contributed by atoms with Gasteiger partial charge in [-0.3, -0.25) is 14.2 Å². The van der Waals surface area contributed by atoms with Gasteiger partial charge < -0.3 is 10.4 Å². The summed E-state index contributed by atoms with van der Waals surface area (Å²) in [5, 5.41) is 12.0. The van der Waals surface area contributed by atoms with Crippen LogP contribution in [0, 0.1) is 11.8 Å². The lowest BCUT2D eigenvalue weighted by molar-refractivity contribution is -0.138. The van der Waals surface area contributed by atoms with Gasteiger partial charge in [0.2, 0.25) is 5.91 Å². The molecule has 4 rings (SSSR count). The number of fused-ring (bicyclic) bond motifs is 1. The Morgan fingerprint density at radius 1 is 1.10 bits per heavy atom. The van der Waals surface area contributed by atoms with E-state index in [2.05, 4.69) is 9.88 Å².